The molecule has 0 unspecified atom stereocenters. The number of nitrogen functional groups attached to an aromatic ring is 1. The fraction of sp³-hybridized carbons (Fsp3) is 0.500. The van der Waals surface area contributed by atoms with E-state index < -0.39 is 4.92 Å². The van der Waals surface area contributed by atoms with E-state index in [1.165, 1.54) is 18.2 Å². The van der Waals surface area contributed by atoms with Crippen LogP contribution in [0.25, 0.3) is 0 Å². The van der Waals surface area contributed by atoms with E-state index in [0.717, 1.165) is 25.0 Å². The zero-order valence-electron chi connectivity index (χ0n) is 11.9. The van der Waals surface area contributed by atoms with Gasteiger partial charge < -0.3 is 11.1 Å². The molecular formula is C14H19N3O3S. The van der Waals surface area contributed by atoms with Crippen LogP contribution in [0.1, 0.15) is 36.5 Å². The predicted molar refractivity (Wildman–Crippen MR) is 84.5 cm³/mol. The molecule has 2 atom stereocenters. The van der Waals surface area contributed by atoms with Crippen molar-refractivity contribution in [1.82, 2.24) is 5.32 Å². The molecule has 1 aromatic carbocycles. The lowest BCUT2D eigenvalue weighted by Crippen LogP contribution is -2.38. The molecule has 0 spiro atoms. The molecule has 114 valence electrons. The van der Waals surface area contributed by atoms with Gasteiger partial charge in [0.2, 0.25) is 0 Å². The lowest BCUT2D eigenvalue weighted by molar-refractivity contribution is -0.383. The van der Waals surface area contributed by atoms with Crippen molar-refractivity contribution in [3.8, 4) is 0 Å². The highest BCUT2D eigenvalue weighted by atomic mass is 32.2. The number of nitrogens with zero attached hydrogens (tertiary/aromatic N) is 1. The highest BCUT2D eigenvalue weighted by Crippen LogP contribution is 2.30. The first kappa shape index (κ1) is 15.6. The molecule has 1 aromatic rings. The van der Waals surface area contributed by atoms with Gasteiger partial charge in [0.15, 0.2) is 0 Å². The van der Waals surface area contributed by atoms with Crippen LogP contribution >= 0.6 is 11.8 Å². The summed E-state index contributed by atoms with van der Waals surface area (Å²) in [5.41, 5.74) is 5.66. The molecule has 0 aliphatic heterocycles. The third-order valence-corrected chi connectivity index (χ3v) is 4.96. The van der Waals surface area contributed by atoms with Gasteiger partial charge in [0, 0.05) is 22.9 Å². The van der Waals surface area contributed by atoms with Gasteiger partial charge in [-0.25, -0.2) is 0 Å². The number of nitro benzene ring substituents is 1. The van der Waals surface area contributed by atoms with Crippen molar-refractivity contribution in [3.63, 3.8) is 0 Å². The van der Waals surface area contributed by atoms with Gasteiger partial charge in [0.05, 0.1) is 4.92 Å². The zero-order chi connectivity index (χ0) is 15.4. The Bertz CT molecular complexity index is 550. The summed E-state index contributed by atoms with van der Waals surface area (Å²) in [7, 11) is 0. The Balaban J connectivity index is 2.10. The van der Waals surface area contributed by atoms with Crippen molar-refractivity contribution in [1.29, 1.82) is 0 Å². The molecule has 6 nitrogen and oxygen atoms in total. The average Bonchev–Trinajstić information content (AvgIpc) is 2.86. The molecule has 0 aromatic heterocycles. The first-order valence-corrected chi connectivity index (χ1v) is 8.04. The van der Waals surface area contributed by atoms with E-state index in [9.17, 15) is 14.9 Å². The van der Waals surface area contributed by atoms with Gasteiger partial charge >= 0.3 is 0 Å². The second-order valence-corrected chi connectivity index (χ2v) is 6.55. The number of carbonyl (C=O) groups is 1. The van der Waals surface area contributed by atoms with Crippen molar-refractivity contribution in [2.24, 2.45) is 0 Å². The highest BCUT2D eigenvalue weighted by molar-refractivity contribution is 7.99. The van der Waals surface area contributed by atoms with Crippen LogP contribution in [0.2, 0.25) is 0 Å². The first-order chi connectivity index (χ1) is 10.0. The minimum atomic E-state index is -0.572. The Kier molecular flexibility index (Phi) is 5.06. The molecule has 0 heterocycles. The lowest BCUT2D eigenvalue weighted by Gasteiger charge is -2.20. The molecule has 7 heteroatoms. The van der Waals surface area contributed by atoms with Crippen molar-refractivity contribution in [3.05, 3.63) is 33.9 Å². The summed E-state index contributed by atoms with van der Waals surface area (Å²) in [5, 5.41) is 14.3. The number of nitro groups is 1. The van der Waals surface area contributed by atoms with Gasteiger partial charge in [-0.05, 0) is 30.7 Å². The van der Waals surface area contributed by atoms with Crippen LogP contribution in [0.3, 0.4) is 0 Å². The van der Waals surface area contributed by atoms with Crippen molar-refractivity contribution in [2.45, 2.75) is 37.5 Å². The Hall–Kier alpha value is -1.76. The number of hydrogen-bond acceptors (Lipinski definition) is 5. The quantitative estimate of drug-likeness (QED) is 0.495. The molecule has 3 N–H and O–H groups in total. The summed E-state index contributed by atoms with van der Waals surface area (Å²) in [6.07, 6.45) is 3.16. The van der Waals surface area contributed by atoms with Crippen LogP contribution in [0.5, 0.6) is 0 Å². The molecule has 0 saturated heterocycles. The average molecular weight is 309 g/mol. The monoisotopic (exact) mass is 309 g/mol. The van der Waals surface area contributed by atoms with Crippen LogP contribution in [-0.2, 0) is 0 Å². The molecule has 2 rings (SSSR count). The van der Waals surface area contributed by atoms with E-state index in [-0.39, 0.29) is 28.9 Å². The molecule has 0 radical (unpaired) electrons. The summed E-state index contributed by atoms with van der Waals surface area (Å²) >= 11 is 1.85. The Morgan fingerprint density at radius 3 is 2.95 bits per heavy atom. The number of rotatable bonds is 5. The number of carbonyl (C=O) groups excluding carboxylic acids is 1. The third-order valence-electron chi connectivity index (χ3n) is 3.64. The lowest BCUT2D eigenvalue weighted by atomic mass is 10.1. The number of nitrogens with one attached hydrogen (secondary N) is 1. The van der Waals surface area contributed by atoms with E-state index in [0.29, 0.717) is 5.25 Å². The maximum atomic E-state index is 12.3. The van der Waals surface area contributed by atoms with Gasteiger partial charge in [0.1, 0.15) is 5.69 Å². The minimum absolute atomic E-state index is 0.0665. The smallest absolute Gasteiger partial charge is 0.292 e. The summed E-state index contributed by atoms with van der Waals surface area (Å²) < 4.78 is 0. The number of anilines is 1. The summed E-state index contributed by atoms with van der Waals surface area (Å²) in [6.45, 7) is 2.10. The number of amides is 1. The van der Waals surface area contributed by atoms with E-state index >= 15 is 0 Å². The third kappa shape index (κ3) is 3.66. The summed E-state index contributed by atoms with van der Waals surface area (Å²) in [6, 6.07) is 4.30. The minimum Gasteiger partial charge on any atom is -0.393 e. The number of nitrogens with two attached hydrogens (primary N) is 1. The van der Waals surface area contributed by atoms with Crippen LogP contribution in [-0.4, -0.2) is 27.9 Å². The Morgan fingerprint density at radius 1 is 1.52 bits per heavy atom. The summed E-state index contributed by atoms with van der Waals surface area (Å²) in [4.78, 5) is 22.5. The highest BCUT2D eigenvalue weighted by Gasteiger charge is 2.29. The molecule has 0 bridgehead atoms. The van der Waals surface area contributed by atoms with E-state index in [4.69, 9.17) is 5.73 Å². The van der Waals surface area contributed by atoms with E-state index in [1.807, 2.05) is 11.8 Å². The zero-order valence-corrected chi connectivity index (χ0v) is 12.7. The molecule has 21 heavy (non-hydrogen) atoms. The van der Waals surface area contributed by atoms with Gasteiger partial charge in [0.25, 0.3) is 11.6 Å². The van der Waals surface area contributed by atoms with Gasteiger partial charge in [-0.1, -0.05) is 13.3 Å². The largest absolute Gasteiger partial charge is 0.393 e. The summed E-state index contributed by atoms with van der Waals surface area (Å²) in [5.74, 6) is 0.747. The normalized spacial score (nSPS) is 21.2. The van der Waals surface area contributed by atoms with Crippen LogP contribution in [0.4, 0.5) is 11.4 Å². The SMILES string of the molecule is CCS[C@@H]1CCC[C@H]1NC(=O)c1ccc(N)c([N+](=O)[O-])c1. The number of benzene rings is 1. The van der Waals surface area contributed by atoms with Crippen LogP contribution in [0, 0.1) is 10.1 Å². The molecule has 1 aliphatic carbocycles. The fourth-order valence-corrected chi connectivity index (χ4v) is 3.80. The number of hydrogen-bond donors (Lipinski definition) is 2. The number of thioether (sulfide) groups is 1. The van der Waals surface area contributed by atoms with Crippen molar-refractivity contribution >= 4 is 29.0 Å². The Labute approximate surface area is 127 Å². The topological polar surface area (TPSA) is 98.3 Å². The predicted octanol–water partition coefficient (Wildman–Crippen LogP) is 2.58. The van der Waals surface area contributed by atoms with Crippen molar-refractivity contribution in [2.75, 3.05) is 11.5 Å². The van der Waals surface area contributed by atoms with E-state index in [2.05, 4.69) is 12.2 Å². The van der Waals surface area contributed by atoms with Crippen molar-refractivity contribution < 1.29 is 9.72 Å². The molecule has 1 amide bonds. The van der Waals surface area contributed by atoms with E-state index in [1.54, 1.807) is 0 Å². The fourth-order valence-electron chi connectivity index (χ4n) is 2.60. The standard InChI is InChI=1S/C14H19N3O3S/c1-2-21-13-5-3-4-11(13)16-14(18)9-6-7-10(15)12(8-9)17(19)20/h6-8,11,13H,2-5,15H2,1H3,(H,16,18)/t11-,13-/m1/s1. The van der Waals surface area contributed by atoms with Gasteiger partial charge in [-0.2, -0.15) is 11.8 Å². The van der Waals surface area contributed by atoms with Crippen LogP contribution in [0.15, 0.2) is 18.2 Å². The van der Waals surface area contributed by atoms with Gasteiger partial charge in [-0.15, -0.1) is 0 Å². The maximum Gasteiger partial charge on any atom is 0.292 e. The molecule has 1 saturated carbocycles. The Morgan fingerprint density at radius 2 is 2.29 bits per heavy atom. The first-order valence-electron chi connectivity index (χ1n) is 6.99. The molecule has 1 aliphatic rings. The van der Waals surface area contributed by atoms with Crippen LogP contribution < -0.4 is 11.1 Å². The molecule has 1 fully saturated rings. The maximum absolute atomic E-state index is 12.3. The second-order valence-electron chi connectivity index (χ2n) is 5.04. The van der Waals surface area contributed by atoms with Gasteiger partial charge in [-0.3, -0.25) is 14.9 Å². The second kappa shape index (κ2) is 6.80. The molecular weight excluding hydrogens is 290 g/mol.